The van der Waals surface area contributed by atoms with E-state index in [0.717, 1.165) is 24.3 Å². The van der Waals surface area contributed by atoms with Crippen molar-refractivity contribution in [2.45, 2.75) is 6.18 Å². The van der Waals surface area contributed by atoms with Crippen LogP contribution in [0.4, 0.5) is 17.6 Å². The van der Waals surface area contributed by atoms with Crippen LogP contribution in [0.5, 0.6) is 0 Å². The van der Waals surface area contributed by atoms with Crippen molar-refractivity contribution in [1.29, 1.82) is 0 Å². The molecule has 0 aliphatic carbocycles. The summed E-state index contributed by atoms with van der Waals surface area (Å²) in [6.45, 7) is 0. The van der Waals surface area contributed by atoms with Crippen LogP contribution in [-0.2, 0) is 6.18 Å². The smallest absolute Gasteiger partial charge is 0.419 e. The van der Waals surface area contributed by atoms with Crippen molar-refractivity contribution in [3.8, 4) is 11.1 Å². The summed E-state index contributed by atoms with van der Waals surface area (Å²) in [5.74, 6) is -2.71. The second kappa shape index (κ2) is 5.37. The summed E-state index contributed by atoms with van der Waals surface area (Å²) in [5.41, 5.74) is -1.84. The number of halogens is 5. The van der Waals surface area contributed by atoms with Gasteiger partial charge in [0.1, 0.15) is 5.82 Å². The summed E-state index contributed by atoms with van der Waals surface area (Å²) in [7, 11) is 0. The molecular formula is C14H7ClF4O2. The molecule has 2 rings (SSSR count). The second-order valence-corrected chi connectivity index (χ2v) is 4.57. The standard InChI is InChI=1S/C14H7ClF4O2/c15-11-6-7(4-5-9(11)13(20)21)8-2-1-3-10(12(8)16)14(17,18)19/h1-6H,(H,20,21). The Balaban J connectivity index is 2.58. The van der Waals surface area contributed by atoms with Gasteiger partial charge in [-0.15, -0.1) is 0 Å². The molecule has 7 heteroatoms. The number of benzene rings is 2. The van der Waals surface area contributed by atoms with Gasteiger partial charge in [0.05, 0.1) is 16.1 Å². The van der Waals surface area contributed by atoms with Gasteiger partial charge in [-0.05, 0) is 23.8 Å². The van der Waals surface area contributed by atoms with Gasteiger partial charge in [0.2, 0.25) is 0 Å². The summed E-state index contributed by atoms with van der Waals surface area (Å²) in [6.07, 6.45) is -4.81. The largest absolute Gasteiger partial charge is 0.478 e. The van der Waals surface area contributed by atoms with Gasteiger partial charge < -0.3 is 5.11 Å². The molecule has 1 N–H and O–H groups in total. The molecule has 21 heavy (non-hydrogen) atoms. The molecule has 0 spiro atoms. The number of hydrogen-bond acceptors (Lipinski definition) is 1. The fraction of sp³-hybridized carbons (Fsp3) is 0.0714. The van der Waals surface area contributed by atoms with E-state index in [1.807, 2.05) is 0 Å². The van der Waals surface area contributed by atoms with Crippen molar-refractivity contribution < 1.29 is 27.5 Å². The van der Waals surface area contributed by atoms with E-state index < -0.39 is 23.5 Å². The number of alkyl halides is 3. The van der Waals surface area contributed by atoms with E-state index in [1.165, 1.54) is 6.07 Å². The monoisotopic (exact) mass is 318 g/mol. The normalized spacial score (nSPS) is 11.5. The van der Waals surface area contributed by atoms with E-state index in [9.17, 15) is 22.4 Å². The van der Waals surface area contributed by atoms with Crippen LogP contribution in [0.3, 0.4) is 0 Å². The minimum absolute atomic E-state index is 0.0635. The molecule has 2 aromatic rings. The number of aromatic carboxylic acids is 1. The van der Waals surface area contributed by atoms with Crippen LogP contribution < -0.4 is 0 Å². The van der Waals surface area contributed by atoms with Crippen molar-refractivity contribution in [3.05, 3.63) is 58.4 Å². The fourth-order valence-corrected chi connectivity index (χ4v) is 2.09. The molecule has 0 unspecified atom stereocenters. The van der Waals surface area contributed by atoms with Crippen LogP contribution >= 0.6 is 11.6 Å². The van der Waals surface area contributed by atoms with Gasteiger partial charge in [-0.1, -0.05) is 29.8 Å². The van der Waals surface area contributed by atoms with Crippen molar-refractivity contribution >= 4 is 17.6 Å². The number of carboxylic acid groups (broad SMARTS) is 1. The third-order valence-corrected chi connectivity index (χ3v) is 3.13. The van der Waals surface area contributed by atoms with Gasteiger partial charge in [0.15, 0.2) is 0 Å². The van der Waals surface area contributed by atoms with Crippen molar-refractivity contribution in [2.75, 3.05) is 0 Å². The first-order chi connectivity index (χ1) is 9.71. The van der Waals surface area contributed by atoms with Crippen molar-refractivity contribution in [2.24, 2.45) is 0 Å². The summed E-state index contributed by atoms with van der Waals surface area (Å²) in [5, 5.41) is 8.64. The number of carbonyl (C=O) groups is 1. The SMILES string of the molecule is O=C(O)c1ccc(-c2cccc(C(F)(F)F)c2F)cc1Cl. The van der Waals surface area contributed by atoms with Gasteiger partial charge in [-0.3, -0.25) is 0 Å². The number of rotatable bonds is 2. The zero-order chi connectivity index (χ0) is 15.8. The van der Waals surface area contributed by atoms with Crippen LogP contribution in [-0.4, -0.2) is 11.1 Å². The molecule has 0 bridgehead atoms. The first kappa shape index (κ1) is 15.3. The third-order valence-electron chi connectivity index (χ3n) is 2.81. The van der Waals surface area contributed by atoms with Crippen molar-refractivity contribution in [3.63, 3.8) is 0 Å². The maximum atomic E-state index is 14.0. The second-order valence-electron chi connectivity index (χ2n) is 4.16. The van der Waals surface area contributed by atoms with Gasteiger partial charge in [0, 0.05) is 5.56 Å². The van der Waals surface area contributed by atoms with E-state index >= 15 is 0 Å². The van der Waals surface area contributed by atoms with E-state index in [1.54, 1.807) is 0 Å². The molecule has 110 valence electrons. The lowest BCUT2D eigenvalue weighted by Gasteiger charge is -2.12. The summed E-state index contributed by atoms with van der Waals surface area (Å²) in [4.78, 5) is 10.8. The zero-order valence-electron chi connectivity index (χ0n) is 10.2. The van der Waals surface area contributed by atoms with Gasteiger partial charge in [-0.2, -0.15) is 13.2 Å². The predicted octanol–water partition coefficient (Wildman–Crippen LogP) is 4.86. The maximum absolute atomic E-state index is 14.0. The molecule has 0 atom stereocenters. The Hall–Kier alpha value is -2.08. The molecule has 0 aliphatic rings. The van der Waals surface area contributed by atoms with E-state index in [2.05, 4.69) is 0 Å². The lowest BCUT2D eigenvalue weighted by atomic mass is 10.0. The van der Waals surface area contributed by atoms with Crippen LogP contribution in [0.2, 0.25) is 5.02 Å². The van der Waals surface area contributed by atoms with E-state index in [0.29, 0.717) is 6.07 Å². The molecule has 0 radical (unpaired) electrons. The molecule has 2 nitrogen and oxygen atoms in total. The quantitative estimate of drug-likeness (QED) is 0.803. The van der Waals surface area contributed by atoms with E-state index in [-0.39, 0.29) is 21.7 Å². The lowest BCUT2D eigenvalue weighted by molar-refractivity contribution is -0.139. The Labute approximate surface area is 121 Å². The molecule has 0 amide bonds. The fourth-order valence-electron chi connectivity index (χ4n) is 1.83. The van der Waals surface area contributed by atoms with Crippen LogP contribution in [0.25, 0.3) is 11.1 Å². The maximum Gasteiger partial charge on any atom is 0.419 e. The average molecular weight is 319 g/mol. The highest BCUT2D eigenvalue weighted by Crippen LogP contribution is 2.36. The Morgan fingerprint density at radius 1 is 1.14 bits per heavy atom. The molecule has 0 aliphatic heterocycles. The third kappa shape index (κ3) is 3.00. The number of hydrogen-bond donors (Lipinski definition) is 1. The first-order valence-corrected chi connectivity index (χ1v) is 5.98. The Morgan fingerprint density at radius 2 is 1.81 bits per heavy atom. The average Bonchev–Trinajstić information content (AvgIpc) is 2.37. The van der Waals surface area contributed by atoms with Crippen molar-refractivity contribution in [1.82, 2.24) is 0 Å². The highest BCUT2D eigenvalue weighted by molar-refractivity contribution is 6.33. The molecule has 0 saturated carbocycles. The highest BCUT2D eigenvalue weighted by Gasteiger charge is 2.35. The van der Waals surface area contributed by atoms with Crippen LogP contribution in [0.1, 0.15) is 15.9 Å². The van der Waals surface area contributed by atoms with Crippen LogP contribution in [0, 0.1) is 5.82 Å². The topological polar surface area (TPSA) is 37.3 Å². The van der Waals surface area contributed by atoms with Gasteiger partial charge in [-0.25, -0.2) is 9.18 Å². The molecule has 0 fully saturated rings. The Kier molecular flexibility index (Phi) is 3.91. The van der Waals surface area contributed by atoms with Gasteiger partial charge >= 0.3 is 12.1 Å². The van der Waals surface area contributed by atoms with Crippen LogP contribution in [0.15, 0.2) is 36.4 Å². The zero-order valence-corrected chi connectivity index (χ0v) is 11.0. The lowest BCUT2D eigenvalue weighted by Crippen LogP contribution is -2.08. The summed E-state index contributed by atoms with van der Waals surface area (Å²) < 4.78 is 51.9. The first-order valence-electron chi connectivity index (χ1n) is 5.60. The molecular weight excluding hydrogens is 312 g/mol. The number of carboxylic acids is 1. The molecule has 2 aromatic carbocycles. The Bertz CT molecular complexity index is 711. The Morgan fingerprint density at radius 3 is 2.33 bits per heavy atom. The minimum Gasteiger partial charge on any atom is -0.478 e. The summed E-state index contributed by atoms with van der Waals surface area (Å²) >= 11 is 5.73. The summed E-state index contributed by atoms with van der Waals surface area (Å²) in [6, 6.07) is 6.29. The highest BCUT2D eigenvalue weighted by atomic mass is 35.5. The molecule has 0 saturated heterocycles. The van der Waals surface area contributed by atoms with E-state index in [4.69, 9.17) is 16.7 Å². The van der Waals surface area contributed by atoms with Gasteiger partial charge in [0.25, 0.3) is 0 Å². The molecule has 0 heterocycles. The molecule has 0 aromatic heterocycles. The predicted molar refractivity (Wildman–Crippen MR) is 68.8 cm³/mol. The minimum atomic E-state index is -4.81.